The molecule has 1 aliphatic rings. The molecule has 0 aliphatic carbocycles. The molecule has 0 saturated heterocycles. The molecular formula is C30H33N3O4. The van der Waals surface area contributed by atoms with Crippen LogP contribution < -0.4 is 19.8 Å². The number of aromatic nitrogens is 2. The summed E-state index contributed by atoms with van der Waals surface area (Å²) >= 11 is 0. The van der Waals surface area contributed by atoms with Crippen molar-refractivity contribution in [2.24, 2.45) is 7.05 Å². The monoisotopic (exact) mass is 499 g/mol. The lowest BCUT2D eigenvalue weighted by Crippen LogP contribution is -2.27. The first kappa shape index (κ1) is 24.8. The van der Waals surface area contributed by atoms with E-state index >= 15 is 0 Å². The van der Waals surface area contributed by atoms with Crippen molar-refractivity contribution in [3.63, 3.8) is 0 Å². The van der Waals surface area contributed by atoms with Crippen LogP contribution in [0.4, 0.5) is 0 Å². The number of hydrogen-bond donors (Lipinski definition) is 0. The van der Waals surface area contributed by atoms with Gasteiger partial charge in [0, 0.05) is 44.0 Å². The molecule has 2 aromatic carbocycles. The highest BCUT2D eigenvalue weighted by Gasteiger charge is 2.15. The summed E-state index contributed by atoms with van der Waals surface area (Å²) in [5.41, 5.74) is 3.39. The molecule has 7 nitrogen and oxygen atoms in total. The Morgan fingerprint density at radius 1 is 0.946 bits per heavy atom. The molecule has 0 spiro atoms. The fourth-order valence-electron chi connectivity index (χ4n) is 4.66. The molecule has 1 aliphatic heterocycles. The Bertz CT molecular complexity index is 1390. The number of pyridine rings is 2. The molecule has 2 aromatic heterocycles. The van der Waals surface area contributed by atoms with E-state index in [4.69, 9.17) is 14.2 Å². The van der Waals surface area contributed by atoms with Crippen LogP contribution in [-0.2, 0) is 20.0 Å². The number of ether oxygens (including phenoxy) is 3. The predicted octanol–water partition coefficient (Wildman–Crippen LogP) is 4.96. The minimum atomic E-state index is -0.00540. The second kappa shape index (κ2) is 11.9. The number of benzene rings is 2. The summed E-state index contributed by atoms with van der Waals surface area (Å²) < 4.78 is 18.7. The first-order valence-electron chi connectivity index (χ1n) is 12.9. The molecule has 0 atom stereocenters. The van der Waals surface area contributed by atoms with Gasteiger partial charge in [-0.15, -0.1) is 0 Å². The Balaban J connectivity index is 1.11. The van der Waals surface area contributed by atoms with Crippen molar-refractivity contribution in [3.05, 3.63) is 94.5 Å². The number of rotatable bonds is 12. The molecule has 0 bridgehead atoms. The fraction of sp³-hybridized carbons (Fsp3) is 0.333. The zero-order chi connectivity index (χ0) is 25.5. The van der Waals surface area contributed by atoms with Gasteiger partial charge < -0.3 is 18.8 Å². The van der Waals surface area contributed by atoms with Crippen LogP contribution in [0, 0.1) is 0 Å². The van der Waals surface area contributed by atoms with Crippen molar-refractivity contribution in [1.82, 2.24) is 14.5 Å². The number of unbranched alkanes of at least 4 members (excludes halogenated alkanes) is 2. The highest BCUT2D eigenvalue weighted by molar-refractivity contribution is 5.80. The van der Waals surface area contributed by atoms with Gasteiger partial charge in [0.25, 0.3) is 5.56 Å². The smallest absolute Gasteiger partial charge is 0.250 e. The summed E-state index contributed by atoms with van der Waals surface area (Å²) in [6, 6.07) is 19.7. The number of aryl methyl sites for hydroxylation is 1. The van der Waals surface area contributed by atoms with E-state index in [1.165, 1.54) is 11.1 Å². The van der Waals surface area contributed by atoms with Gasteiger partial charge in [0.1, 0.15) is 5.75 Å². The highest BCUT2D eigenvalue weighted by Crippen LogP contribution is 2.32. The molecule has 0 radical (unpaired) electrons. The van der Waals surface area contributed by atoms with Crippen LogP contribution >= 0.6 is 0 Å². The lowest BCUT2D eigenvalue weighted by molar-refractivity contribution is 0.174. The lowest BCUT2D eigenvalue weighted by atomic mass is 10.1. The zero-order valence-corrected chi connectivity index (χ0v) is 21.3. The molecule has 7 heteroatoms. The first-order chi connectivity index (χ1) is 18.2. The van der Waals surface area contributed by atoms with Gasteiger partial charge in [-0.2, -0.15) is 0 Å². The van der Waals surface area contributed by atoms with Crippen molar-refractivity contribution in [2.75, 3.05) is 26.5 Å². The van der Waals surface area contributed by atoms with Crippen molar-refractivity contribution in [1.29, 1.82) is 0 Å². The highest BCUT2D eigenvalue weighted by atomic mass is 16.7. The van der Waals surface area contributed by atoms with Crippen LogP contribution in [0.5, 0.6) is 17.2 Å². The number of fused-ring (bicyclic) bond motifs is 2. The molecule has 0 fully saturated rings. The molecule has 0 unspecified atom stereocenters. The van der Waals surface area contributed by atoms with Gasteiger partial charge in [-0.1, -0.05) is 12.1 Å². The largest absolute Gasteiger partial charge is 0.494 e. The second-order valence-corrected chi connectivity index (χ2v) is 9.44. The minimum Gasteiger partial charge on any atom is -0.494 e. The van der Waals surface area contributed by atoms with Crippen molar-refractivity contribution in [3.8, 4) is 17.2 Å². The van der Waals surface area contributed by atoms with E-state index in [1.54, 1.807) is 17.7 Å². The second-order valence-electron chi connectivity index (χ2n) is 9.44. The minimum absolute atomic E-state index is 0.00540. The van der Waals surface area contributed by atoms with E-state index in [-0.39, 0.29) is 5.56 Å². The van der Waals surface area contributed by atoms with Crippen molar-refractivity contribution in [2.45, 2.75) is 32.2 Å². The van der Waals surface area contributed by atoms with Gasteiger partial charge >= 0.3 is 0 Å². The fourth-order valence-corrected chi connectivity index (χ4v) is 4.66. The maximum atomic E-state index is 11.8. The zero-order valence-electron chi connectivity index (χ0n) is 21.3. The molecule has 0 N–H and O–H groups in total. The number of nitrogens with zero attached hydrogens (tertiary/aromatic N) is 3. The molecule has 3 heterocycles. The molecule has 192 valence electrons. The maximum Gasteiger partial charge on any atom is 0.250 e. The molecule has 5 rings (SSSR count). The van der Waals surface area contributed by atoms with Gasteiger partial charge in [0.2, 0.25) is 6.79 Å². The molecule has 0 amide bonds. The Morgan fingerprint density at radius 3 is 2.76 bits per heavy atom. The standard InChI is InChI=1S/C30H33N3O4/c1-32-27-10-9-26(19-25(27)8-12-30(32)34)35-17-4-2-3-15-33(16-13-23-6-5-14-31-20-23)21-24-7-11-28-29(18-24)37-22-36-28/h5-12,14,18-20H,2-4,13,15-17,21-22H2,1H3. The van der Waals surface area contributed by atoms with Crippen LogP contribution in [0.25, 0.3) is 10.9 Å². The van der Waals surface area contributed by atoms with E-state index in [9.17, 15) is 4.79 Å². The summed E-state index contributed by atoms with van der Waals surface area (Å²) in [4.78, 5) is 18.6. The Labute approximate surface area is 217 Å². The Kier molecular flexibility index (Phi) is 8.01. The third kappa shape index (κ3) is 6.49. The van der Waals surface area contributed by atoms with E-state index in [0.717, 1.165) is 73.5 Å². The average Bonchev–Trinajstić information content (AvgIpc) is 3.40. The number of hydrogen-bond acceptors (Lipinski definition) is 6. The van der Waals surface area contributed by atoms with Gasteiger partial charge in [0.05, 0.1) is 12.1 Å². The first-order valence-corrected chi connectivity index (χ1v) is 12.9. The third-order valence-electron chi connectivity index (χ3n) is 6.77. The predicted molar refractivity (Wildman–Crippen MR) is 144 cm³/mol. The van der Waals surface area contributed by atoms with E-state index < -0.39 is 0 Å². The summed E-state index contributed by atoms with van der Waals surface area (Å²) in [6.45, 7) is 3.82. The van der Waals surface area contributed by atoms with Gasteiger partial charge in [-0.3, -0.25) is 14.7 Å². The summed E-state index contributed by atoms with van der Waals surface area (Å²) in [6.07, 6.45) is 7.91. The quantitative estimate of drug-likeness (QED) is 0.257. The SMILES string of the molecule is Cn1c(=O)ccc2cc(OCCCCCN(CCc3cccnc3)Cc3ccc4c(c3)OCO4)ccc21. The molecule has 4 aromatic rings. The van der Waals surface area contributed by atoms with E-state index in [0.29, 0.717) is 13.4 Å². The van der Waals surface area contributed by atoms with Gasteiger partial charge in [0.15, 0.2) is 11.5 Å². The Morgan fingerprint density at radius 2 is 1.86 bits per heavy atom. The molecule has 37 heavy (non-hydrogen) atoms. The van der Waals surface area contributed by atoms with Crippen molar-refractivity contribution < 1.29 is 14.2 Å². The summed E-state index contributed by atoms with van der Waals surface area (Å²) in [5.74, 6) is 2.49. The van der Waals surface area contributed by atoms with E-state index in [2.05, 4.69) is 28.1 Å². The lowest BCUT2D eigenvalue weighted by Gasteiger charge is -2.22. The van der Waals surface area contributed by atoms with Gasteiger partial charge in [-0.05, 0) is 85.8 Å². The third-order valence-corrected chi connectivity index (χ3v) is 6.77. The Hall–Kier alpha value is -3.84. The normalized spacial score (nSPS) is 12.4. The van der Waals surface area contributed by atoms with Crippen LogP contribution in [0.15, 0.2) is 77.9 Å². The van der Waals surface area contributed by atoms with Crippen LogP contribution in [0.1, 0.15) is 30.4 Å². The maximum absolute atomic E-state index is 11.8. The molecule has 0 saturated carbocycles. The van der Waals surface area contributed by atoms with Crippen LogP contribution in [-0.4, -0.2) is 40.9 Å². The summed E-state index contributed by atoms with van der Waals surface area (Å²) in [7, 11) is 1.79. The summed E-state index contributed by atoms with van der Waals surface area (Å²) in [5, 5.41) is 1.01. The topological polar surface area (TPSA) is 65.8 Å². The van der Waals surface area contributed by atoms with Crippen molar-refractivity contribution >= 4 is 10.9 Å². The van der Waals surface area contributed by atoms with E-state index in [1.807, 2.05) is 48.8 Å². The van der Waals surface area contributed by atoms with Crippen LogP contribution in [0.2, 0.25) is 0 Å². The molecular weight excluding hydrogens is 466 g/mol. The van der Waals surface area contributed by atoms with Gasteiger partial charge in [-0.25, -0.2) is 0 Å². The van der Waals surface area contributed by atoms with Crippen LogP contribution in [0.3, 0.4) is 0 Å². The average molecular weight is 500 g/mol.